The van der Waals surface area contributed by atoms with Crippen molar-refractivity contribution in [2.45, 2.75) is 26.7 Å². The second-order valence-electron chi connectivity index (χ2n) is 9.64. The van der Waals surface area contributed by atoms with E-state index in [-0.39, 0.29) is 0 Å². The Morgan fingerprint density at radius 3 is 1.05 bits per heavy atom. The molecule has 40 heavy (non-hydrogen) atoms. The molecule has 0 saturated heterocycles. The molecule has 0 heterocycles. The summed E-state index contributed by atoms with van der Waals surface area (Å²) >= 11 is 0. The van der Waals surface area contributed by atoms with Crippen molar-refractivity contribution in [3.8, 4) is 45.6 Å². The van der Waals surface area contributed by atoms with Crippen molar-refractivity contribution in [3.05, 3.63) is 94.0 Å². The molecule has 0 atom stereocenters. The minimum absolute atomic E-state index is 0.588. The van der Waals surface area contributed by atoms with Gasteiger partial charge in [0.2, 0.25) is 11.5 Å². The first-order valence-electron chi connectivity index (χ1n) is 13.1. The molecule has 0 aliphatic rings. The highest BCUT2D eigenvalue weighted by Gasteiger charge is 2.19. The van der Waals surface area contributed by atoms with Gasteiger partial charge in [-0.15, -0.1) is 0 Å². The van der Waals surface area contributed by atoms with E-state index in [2.05, 4.69) is 50.2 Å². The third kappa shape index (κ3) is 5.67. The van der Waals surface area contributed by atoms with E-state index in [0.29, 0.717) is 47.3 Å². The molecule has 4 aromatic carbocycles. The van der Waals surface area contributed by atoms with Crippen LogP contribution < -0.4 is 28.4 Å². The molecular weight excluding hydrogens is 504 g/mol. The van der Waals surface area contributed by atoms with Crippen LogP contribution in [0.15, 0.2) is 60.7 Å². The molecule has 0 fully saturated rings. The van der Waals surface area contributed by atoms with Gasteiger partial charge in [0, 0.05) is 0 Å². The van der Waals surface area contributed by atoms with Crippen molar-refractivity contribution >= 4 is 0 Å². The van der Waals surface area contributed by atoms with E-state index >= 15 is 0 Å². The molecule has 0 unspecified atom stereocenters. The molecule has 0 bridgehead atoms. The molecule has 0 aliphatic carbocycles. The molecule has 4 aromatic rings. The average molecular weight is 543 g/mol. The van der Waals surface area contributed by atoms with Crippen LogP contribution in [0.25, 0.3) is 11.1 Å². The molecule has 0 radical (unpaired) electrons. The van der Waals surface area contributed by atoms with Gasteiger partial charge in [0.15, 0.2) is 23.0 Å². The average Bonchev–Trinajstić information content (AvgIpc) is 2.97. The molecule has 210 valence electrons. The van der Waals surface area contributed by atoms with E-state index in [4.69, 9.17) is 28.4 Å². The predicted octanol–water partition coefficient (Wildman–Crippen LogP) is 7.20. The second kappa shape index (κ2) is 12.7. The highest BCUT2D eigenvalue weighted by atomic mass is 16.5. The Bertz CT molecular complexity index is 1330. The maximum absolute atomic E-state index is 5.62. The minimum Gasteiger partial charge on any atom is -0.493 e. The first kappa shape index (κ1) is 28.7. The lowest BCUT2D eigenvalue weighted by molar-refractivity contribution is 0.324. The molecule has 6 nitrogen and oxygen atoms in total. The fourth-order valence-electron chi connectivity index (χ4n) is 5.38. The first-order valence-corrected chi connectivity index (χ1v) is 13.1. The summed E-state index contributed by atoms with van der Waals surface area (Å²) in [6.07, 6.45) is 1.40. The van der Waals surface area contributed by atoms with Crippen molar-refractivity contribution < 1.29 is 28.4 Å². The monoisotopic (exact) mass is 542 g/mol. The topological polar surface area (TPSA) is 55.4 Å². The largest absolute Gasteiger partial charge is 0.493 e. The Balaban J connectivity index is 1.83. The van der Waals surface area contributed by atoms with Crippen LogP contribution in [0.4, 0.5) is 0 Å². The molecule has 0 saturated carbocycles. The van der Waals surface area contributed by atoms with Gasteiger partial charge in [-0.05, 0) is 95.5 Å². The van der Waals surface area contributed by atoms with Gasteiger partial charge in [0.1, 0.15) is 0 Å². The van der Waals surface area contributed by atoms with Gasteiger partial charge in [0.05, 0.1) is 42.7 Å². The maximum Gasteiger partial charge on any atom is 0.203 e. The normalized spacial score (nSPS) is 10.7. The summed E-state index contributed by atoms with van der Waals surface area (Å²) in [5.74, 6) is 3.75. The third-order valence-electron chi connectivity index (χ3n) is 7.21. The summed E-state index contributed by atoms with van der Waals surface area (Å²) in [6.45, 7) is 4.34. The van der Waals surface area contributed by atoms with Gasteiger partial charge in [-0.1, -0.05) is 36.4 Å². The Kier molecular flexibility index (Phi) is 9.10. The van der Waals surface area contributed by atoms with Gasteiger partial charge in [0.25, 0.3) is 0 Å². The maximum atomic E-state index is 5.62. The highest BCUT2D eigenvalue weighted by molar-refractivity contribution is 5.78. The van der Waals surface area contributed by atoms with Gasteiger partial charge in [-0.3, -0.25) is 0 Å². The summed E-state index contributed by atoms with van der Waals surface area (Å²) in [5, 5.41) is 0. The second-order valence-corrected chi connectivity index (χ2v) is 9.64. The Morgan fingerprint density at radius 2 is 0.775 bits per heavy atom. The number of methoxy groups -OCH3 is 6. The van der Waals surface area contributed by atoms with E-state index < -0.39 is 0 Å². The van der Waals surface area contributed by atoms with Crippen LogP contribution in [0.2, 0.25) is 0 Å². The summed E-state index contributed by atoms with van der Waals surface area (Å²) < 4.78 is 33.6. The van der Waals surface area contributed by atoms with Gasteiger partial charge >= 0.3 is 0 Å². The zero-order valence-electron chi connectivity index (χ0n) is 24.6. The molecule has 0 spiro atoms. The number of ether oxygens (including phenoxy) is 6. The van der Waals surface area contributed by atoms with Crippen LogP contribution in [0.1, 0.15) is 33.4 Å². The predicted molar refractivity (Wildman–Crippen MR) is 159 cm³/mol. The summed E-state index contributed by atoms with van der Waals surface area (Å²) in [5.41, 5.74) is 9.47. The fourth-order valence-corrected chi connectivity index (χ4v) is 5.38. The van der Waals surface area contributed by atoms with Crippen LogP contribution in [0.5, 0.6) is 34.5 Å². The third-order valence-corrected chi connectivity index (χ3v) is 7.21. The van der Waals surface area contributed by atoms with E-state index in [1.165, 1.54) is 33.4 Å². The van der Waals surface area contributed by atoms with Gasteiger partial charge < -0.3 is 28.4 Å². The molecule has 4 rings (SSSR count). The lowest BCUT2D eigenvalue weighted by Crippen LogP contribution is -2.03. The minimum atomic E-state index is 0.588. The Hall–Kier alpha value is -4.32. The van der Waals surface area contributed by atoms with Crippen LogP contribution in [0.3, 0.4) is 0 Å². The van der Waals surface area contributed by atoms with Crippen molar-refractivity contribution in [3.63, 3.8) is 0 Å². The molecule has 0 amide bonds. The Labute approximate surface area is 237 Å². The molecule has 0 N–H and O–H groups in total. The van der Waals surface area contributed by atoms with Gasteiger partial charge in [-0.25, -0.2) is 0 Å². The van der Waals surface area contributed by atoms with Crippen molar-refractivity contribution in [2.75, 3.05) is 42.7 Å². The molecule has 0 aromatic heterocycles. The number of hydrogen-bond donors (Lipinski definition) is 0. The van der Waals surface area contributed by atoms with Crippen molar-refractivity contribution in [2.24, 2.45) is 0 Å². The lowest BCUT2D eigenvalue weighted by atomic mass is 9.85. The van der Waals surface area contributed by atoms with Crippen LogP contribution in [-0.4, -0.2) is 42.7 Å². The summed E-state index contributed by atoms with van der Waals surface area (Å²) in [4.78, 5) is 0. The number of benzene rings is 4. The van der Waals surface area contributed by atoms with E-state index in [1.807, 2.05) is 24.3 Å². The van der Waals surface area contributed by atoms with E-state index in [1.54, 1.807) is 42.7 Å². The first-order chi connectivity index (χ1) is 19.4. The van der Waals surface area contributed by atoms with E-state index in [0.717, 1.165) is 11.1 Å². The Morgan fingerprint density at radius 1 is 0.450 bits per heavy atom. The smallest absolute Gasteiger partial charge is 0.203 e. The van der Waals surface area contributed by atoms with Gasteiger partial charge in [-0.2, -0.15) is 0 Å². The zero-order chi connectivity index (χ0) is 28.8. The number of hydrogen-bond acceptors (Lipinski definition) is 6. The number of aryl methyl sites for hydroxylation is 2. The van der Waals surface area contributed by atoms with Crippen LogP contribution in [-0.2, 0) is 12.8 Å². The standard InChI is InChI=1S/C34H38O6/c1-21-11-9-13-25(15-23-17-27(35-3)33(39-7)28(18-23)36-4)31(21)32-22(2)12-10-14-26(32)16-24-19-29(37-5)34(40-8)30(20-24)38-6/h9-14,17-20H,15-16H2,1-8H3. The molecular formula is C34H38O6. The molecule has 0 aliphatic heterocycles. The zero-order valence-corrected chi connectivity index (χ0v) is 24.6. The number of rotatable bonds is 11. The summed E-state index contributed by atoms with van der Waals surface area (Å²) in [7, 11) is 9.80. The van der Waals surface area contributed by atoms with Crippen LogP contribution >= 0.6 is 0 Å². The molecule has 6 heteroatoms. The highest BCUT2D eigenvalue weighted by Crippen LogP contribution is 2.42. The van der Waals surface area contributed by atoms with Crippen molar-refractivity contribution in [1.82, 2.24) is 0 Å². The quantitative estimate of drug-likeness (QED) is 0.200. The van der Waals surface area contributed by atoms with Crippen molar-refractivity contribution in [1.29, 1.82) is 0 Å². The van der Waals surface area contributed by atoms with E-state index in [9.17, 15) is 0 Å². The SMILES string of the molecule is COc1cc(Cc2cccc(C)c2-c2c(C)cccc2Cc2cc(OC)c(OC)c(OC)c2)cc(OC)c1OC. The van der Waals surface area contributed by atoms with Crippen LogP contribution in [0, 0.1) is 13.8 Å². The lowest BCUT2D eigenvalue weighted by Gasteiger charge is -2.21. The fraction of sp³-hybridized carbons (Fsp3) is 0.294. The summed E-state index contributed by atoms with van der Waals surface area (Å²) in [6, 6.07) is 21.0.